The second-order valence-corrected chi connectivity index (χ2v) is 5.56. The van der Waals surface area contributed by atoms with Gasteiger partial charge in [0.1, 0.15) is 5.82 Å². The lowest BCUT2D eigenvalue weighted by atomic mass is 9.88. The number of amides is 1. The SMILES string of the molecule is CC(C)(C)c1nn(C(N)=O)c2c1CCCCN2. The normalized spacial score (nSPS) is 15.9. The zero-order chi connectivity index (χ0) is 12.6. The fourth-order valence-corrected chi connectivity index (χ4v) is 2.26. The molecule has 0 atom stereocenters. The molecule has 0 spiro atoms. The Kier molecular flexibility index (Phi) is 2.85. The number of fused-ring (bicyclic) bond motifs is 1. The van der Waals surface area contributed by atoms with E-state index in [-0.39, 0.29) is 5.41 Å². The third-order valence-electron chi connectivity index (χ3n) is 3.05. The molecule has 1 aliphatic rings. The van der Waals surface area contributed by atoms with Crippen molar-refractivity contribution in [3.63, 3.8) is 0 Å². The van der Waals surface area contributed by atoms with Gasteiger partial charge in [-0.2, -0.15) is 9.78 Å². The highest BCUT2D eigenvalue weighted by Gasteiger charge is 2.28. The number of nitrogens with two attached hydrogens (primary N) is 1. The minimum absolute atomic E-state index is 0.0726. The summed E-state index contributed by atoms with van der Waals surface area (Å²) in [6, 6.07) is -0.522. The van der Waals surface area contributed by atoms with E-state index in [1.54, 1.807) is 0 Å². The molecule has 1 amide bonds. The predicted octanol–water partition coefficient (Wildman–Crippen LogP) is 1.86. The standard InChI is InChI=1S/C12H20N4O/c1-12(2,3)9-8-6-4-5-7-14-10(8)16(15-9)11(13)17/h14H,4-7H2,1-3H3,(H2,13,17). The molecule has 3 N–H and O–H groups in total. The van der Waals surface area contributed by atoms with Crippen molar-refractivity contribution in [2.45, 2.75) is 45.4 Å². The number of hydrogen-bond donors (Lipinski definition) is 2. The van der Waals surface area contributed by atoms with E-state index in [9.17, 15) is 4.79 Å². The van der Waals surface area contributed by atoms with E-state index in [1.165, 1.54) is 4.68 Å². The zero-order valence-electron chi connectivity index (χ0n) is 10.7. The van der Waals surface area contributed by atoms with E-state index in [2.05, 4.69) is 31.2 Å². The van der Waals surface area contributed by atoms with Gasteiger partial charge in [-0.1, -0.05) is 20.8 Å². The number of rotatable bonds is 0. The van der Waals surface area contributed by atoms with Gasteiger partial charge in [-0.15, -0.1) is 0 Å². The van der Waals surface area contributed by atoms with Crippen LogP contribution in [0.2, 0.25) is 0 Å². The maximum Gasteiger partial charge on any atom is 0.341 e. The molecule has 0 unspecified atom stereocenters. The molecule has 0 saturated heterocycles. The van der Waals surface area contributed by atoms with Crippen LogP contribution in [-0.2, 0) is 11.8 Å². The first-order valence-electron chi connectivity index (χ1n) is 6.07. The molecule has 5 nitrogen and oxygen atoms in total. The summed E-state index contributed by atoms with van der Waals surface area (Å²) < 4.78 is 1.31. The highest BCUT2D eigenvalue weighted by molar-refractivity contribution is 5.79. The van der Waals surface area contributed by atoms with Gasteiger partial charge in [-0.25, -0.2) is 4.79 Å². The summed E-state index contributed by atoms with van der Waals surface area (Å²) in [5.74, 6) is 0.792. The van der Waals surface area contributed by atoms with Gasteiger partial charge in [0.15, 0.2) is 0 Å². The van der Waals surface area contributed by atoms with Crippen molar-refractivity contribution < 1.29 is 4.79 Å². The van der Waals surface area contributed by atoms with E-state index < -0.39 is 6.03 Å². The number of aromatic nitrogens is 2. The Morgan fingerprint density at radius 1 is 1.41 bits per heavy atom. The first kappa shape index (κ1) is 12.0. The van der Waals surface area contributed by atoms with Gasteiger partial charge in [0.25, 0.3) is 0 Å². The monoisotopic (exact) mass is 236 g/mol. The largest absolute Gasteiger partial charge is 0.370 e. The van der Waals surface area contributed by atoms with Gasteiger partial charge < -0.3 is 11.1 Å². The van der Waals surface area contributed by atoms with Crippen molar-refractivity contribution in [1.29, 1.82) is 0 Å². The molecular weight excluding hydrogens is 216 g/mol. The molecule has 1 aromatic rings. The summed E-state index contributed by atoms with van der Waals surface area (Å²) in [6.07, 6.45) is 3.19. The minimum Gasteiger partial charge on any atom is -0.370 e. The minimum atomic E-state index is -0.522. The van der Waals surface area contributed by atoms with E-state index in [1.807, 2.05) is 0 Å². The van der Waals surface area contributed by atoms with Crippen LogP contribution in [0.3, 0.4) is 0 Å². The summed E-state index contributed by atoms with van der Waals surface area (Å²) in [4.78, 5) is 11.4. The van der Waals surface area contributed by atoms with Gasteiger partial charge in [-0.05, 0) is 19.3 Å². The van der Waals surface area contributed by atoms with Crippen LogP contribution in [-0.4, -0.2) is 22.4 Å². The van der Waals surface area contributed by atoms with Gasteiger partial charge in [0.2, 0.25) is 0 Å². The van der Waals surface area contributed by atoms with Crippen LogP contribution in [0.1, 0.15) is 44.9 Å². The molecule has 17 heavy (non-hydrogen) atoms. The van der Waals surface area contributed by atoms with Gasteiger partial charge in [0.05, 0.1) is 5.69 Å². The third-order valence-corrected chi connectivity index (χ3v) is 3.05. The molecule has 0 bridgehead atoms. The number of anilines is 1. The lowest BCUT2D eigenvalue weighted by Crippen LogP contribution is -2.24. The number of nitrogens with zero attached hydrogens (tertiary/aromatic N) is 2. The van der Waals surface area contributed by atoms with Crippen LogP contribution in [0, 0.1) is 0 Å². The molecule has 0 saturated carbocycles. The van der Waals surface area contributed by atoms with Gasteiger partial charge in [0, 0.05) is 17.5 Å². The van der Waals surface area contributed by atoms with E-state index in [0.29, 0.717) is 0 Å². The van der Waals surface area contributed by atoms with Crippen molar-refractivity contribution in [1.82, 2.24) is 9.78 Å². The quantitative estimate of drug-likeness (QED) is 0.722. The summed E-state index contributed by atoms with van der Waals surface area (Å²) in [5, 5.41) is 7.65. The van der Waals surface area contributed by atoms with Crippen LogP contribution in [0.4, 0.5) is 10.6 Å². The van der Waals surface area contributed by atoms with Gasteiger partial charge in [-0.3, -0.25) is 0 Å². The maximum atomic E-state index is 11.4. The van der Waals surface area contributed by atoms with E-state index >= 15 is 0 Å². The molecular formula is C12H20N4O. The molecule has 0 fully saturated rings. The zero-order valence-corrected chi connectivity index (χ0v) is 10.7. The van der Waals surface area contributed by atoms with Crippen molar-refractivity contribution in [3.8, 4) is 0 Å². The maximum absolute atomic E-state index is 11.4. The number of hydrogen-bond acceptors (Lipinski definition) is 3. The van der Waals surface area contributed by atoms with E-state index in [0.717, 1.165) is 42.9 Å². The molecule has 0 aromatic carbocycles. The molecule has 1 aliphatic heterocycles. The topological polar surface area (TPSA) is 72.9 Å². The average molecular weight is 236 g/mol. The Hall–Kier alpha value is -1.52. The van der Waals surface area contributed by atoms with Crippen molar-refractivity contribution >= 4 is 11.8 Å². The van der Waals surface area contributed by atoms with Gasteiger partial charge >= 0.3 is 6.03 Å². The summed E-state index contributed by atoms with van der Waals surface area (Å²) >= 11 is 0. The van der Waals surface area contributed by atoms with Crippen LogP contribution in [0.25, 0.3) is 0 Å². The Labute approximate surface area is 101 Å². The molecule has 5 heteroatoms. The molecule has 0 radical (unpaired) electrons. The Morgan fingerprint density at radius 3 is 2.71 bits per heavy atom. The van der Waals surface area contributed by atoms with Crippen LogP contribution < -0.4 is 11.1 Å². The Morgan fingerprint density at radius 2 is 2.12 bits per heavy atom. The Bertz CT molecular complexity index is 442. The molecule has 1 aromatic heterocycles. The second-order valence-electron chi connectivity index (χ2n) is 5.56. The second kappa shape index (κ2) is 4.05. The average Bonchev–Trinajstić information content (AvgIpc) is 2.42. The van der Waals surface area contributed by atoms with E-state index in [4.69, 9.17) is 5.73 Å². The molecule has 2 rings (SSSR count). The number of primary amides is 1. The summed E-state index contributed by atoms with van der Waals surface area (Å²) in [7, 11) is 0. The first-order valence-corrected chi connectivity index (χ1v) is 6.07. The highest BCUT2D eigenvalue weighted by Crippen LogP contribution is 2.32. The van der Waals surface area contributed by atoms with Crippen molar-refractivity contribution in [2.75, 3.05) is 11.9 Å². The summed E-state index contributed by atoms with van der Waals surface area (Å²) in [6.45, 7) is 7.18. The lowest BCUT2D eigenvalue weighted by molar-refractivity contribution is 0.248. The Balaban J connectivity index is 2.58. The molecule has 0 aliphatic carbocycles. The predicted molar refractivity (Wildman–Crippen MR) is 67.3 cm³/mol. The summed E-state index contributed by atoms with van der Waals surface area (Å²) in [5.41, 5.74) is 7.41. The molecule has 94 valence electrons. The fraction of sp³-hybridized carbons (Fsp3) is 0.667. The number of carbonyl (C=O) groups excluding carboxylic acids is 1. The lowest BCUT2D eigenvalue weighted by Gasteiger charge is -2.17. The third kappa shape index (κ3) is 2.14. The van der Waals surface area contributed by atoms with Crippen LogP contribution >= 0.6 is 0 Å². The molecule has 2 heterocycles. The number of nitrogens with one attached hydrogen (secondary N) is 1. The van der Waals surface area contributed by atoms with Crippen molar-refractivity contribution in [3.05, 3.63) is 11.3 Å². The van der Waals surface area contributed by atoms with Crippen LogP contribution in [0.5, 0.6) is 0 Å². The van der Waals surface area contributed by atoms with Crippen LogP contribution in [0.15, 0.2) is 0 Å². The van der Waals surface area contributed by atoms with Crippen molar-refractivity contribution in [2.24, 2.45) is 5.73 Å². The highest BCUT2D eigenvalue weighted by atomic mass is 16.2. The first-order chi connectivity index (χ1) is 7.91. The number of carbonyl (C=O) groups is 1. The fourth-order valence-electron chi connectivity index (χ4n) is 2.26. The smallest absolute Gasteiger partial charge is 0.341 e.